The highest BCUT2D eigenvalue weighted by Gasteiger charge is 2.10. The van der Waals surface area contributed by atoms with Crippen LogP contribution in [0.3, 0.4) is 0 Å². The first-order chi connectivity index (χ1) is 8.79. The molecule has 18 heavy (non-hydrogen) atoms. The quantitative estimate of drug-likeness (QED) is 0.762. The van der Waals surface area contributed by atoms with Gasteiger partial charge in [-0.1, -0.05) is 17.8 Å². The number of nitrogens with zero attached hydrogens (tertiary/aromatic N) is 2. The van der Waals surface area contributed by atoms with E-state index in [0.29, 0.717) is 24.1 Å². The second-order valence-corrected chi connectivity index (χ2v) is 5.50. The summed E-state index contributed by atoms with van der Waals surface area (Å²) in [4.78, 5) is 5.42. The molecule has 1 atom stereocenters. The molecule has 0 aliphatic heterocycles. The van der Waals surface area contributed by atoms with Crippen molar-refractivity contribution in [2.75, 3.05) is 19.0 Å². The van der Waals surface area contributed by atoms with Gasteiger partial charge in [0.1, 0.15) is 0 Å². The highest BCUT2D eigenvalue weighted by molar-refractivity contribution is 7.99. The molecule has 2 aromatic heterocycles. The average molecular weight is 285 g/mol. The third-order valence-electron chi connectivity index (χ3n) is 2.14. The van der Waals surface area contributed by atoms with Crippen LogP contribution in [0.25, 0.3) is 10.7 Å². The van der Waals surface area contributed by atoms with E-state index in [1.807, 2.05) is 24.4 Å². The molecule has 0 bridgehead atoms. The van der Waals surface area contributed by atoms with Gasteiger partial charge in [0.2, 0.25) is 5.16 Å². The second-order valence-electron chi connectivity index (χ2n) is 3.57. The van der Waals surface area contributed by atoms with Crippen LogP contribution in [0.2, 0.25) is 0 Å². The number of thiophene rings is 1. The molecule has 2 N–H and O–H groups in total. The summed E-state index contributed by atoms with van der Waals surface area (Å²) in [5, 5.41) is 19.3. The summed E-state index contributed by atoms with van der Waals surface area (Å²) in [7, 11) is 0. The van der Waals surface area contributed by atoms with E-state index in [0.717, 1.165) is 10.7 Å². The Morgan fingerprint density at radius 1 is 1.61 bits per heavy atom. The van der Waals surface area contributed by atoms with Crippen LogP contribution in [-0.2, 0) is 4.74 Å². The van der Waals surface area contributed by atoms with E-state index >= 15 is 0 Å². The zero-order chi connectivity index (χ0) is 12.8. The number of ether oxygens (including phenoxy) is 1. The second kappa shape index (κ2) is 6.89. The largest absolute Gasteiger partial charge is 0.390 e. The van der Waals surface area contributed by atoms with Crippen molar-refractivity contribution in [3.8, 4) is 10.7 Å². The Kier molecular flexibility index (Phi) is 5.18. The van der Waals surface area contributed by atoms with Crippen LogP contribution in [0.15, 0.2) is 22.7 Å². The monoisotopic (exact) mass is 285 g/mol. The van der Waals surface area contributed by atoms with E-state index in [9.17, 15) is 5.11 Å². The van der Waals surface area contributed by atoms with Gasteiger partial charge in [-0.15, -0.1) is 16.4 Å². The third-order valence-corrected chi connectivity index (χ3v) is 4.01. The van der Waals surface area contributed by atoms with Gasteiger partial charge in [0.15, 0.2) is 5.82 Å². The Morgan fingerprint density at radius 2 is 2.50 bits per heavy atom. The van der Waals surface area contributed by atoms with Gasteiger partial charge >= 0.3 is 0 Å². The molecule has 0 aliphatic carbocycles. The summed E-state index contributed by atoms with van der Waals surface area (Å²) >= 11 is 3.03. The minimum absolute atomic E-state index is 0.353. The van der Waals surface area contributed by atoms with Gasteiger partial charge in [0, 0.05) is 12.4 Å². The molecule has 0 saturated carbocycles. The SMILES string of the molecule is CCOC[C@H](O)CSc1n[nH]c(-c2cccs2)n1. The molecule has 0 spiro atoms. The average Bonchev–Trinajstić information content (AvgIpc) is 3.03. The number of H-pyrrole nitrogens is 1. The number of nitrogens with one attached hydrogen (secondary N) is 1. The molecule has 2 heterocycles. The van der Waals surface area contributed by atoms with Gasteiger partial charge in [0.05, 0.1) is 17.6 Å². The number of aliphatic hydroxyl groups excluding tert-OH is 1. The Morgan fingerprint density at radius 3 is 3.22 bits per heavy atom. The normalized spacial score (nSPS) is 12.8. The lowest BCUT2D eigenvalue weighted by molar-refractivity contribution is 0.0551. The fraction of sp³-hybridized carbons (Fsp3) is 0.455. The predicted octanol–water partition coefficient (Wildman–Crippen LogP) is 2.02. The molecule has 2 aromatic rings. The van der Waals surface area contributed by atoms with Crippen molar-refractivity contribution >= 4 is 23.1 Å². The van der Waals surface area contributed by atoms with E-state index in [4.69, 9.17) is 4.74 Å². The maximum Gasteiger partial charge on any atom is 0.208 e. The highest BCUT2D eigenvalue weighted by atomic mass is 32.2. The lowest BCUT2D eigenvalue weighted by Crippen LogP contribution is -2.17. The molecule has 2 rings (SSSR count). The van der Waals surface area contributed by atoms with Crippen LogP contribution in [0.5, 0.6) is 0 Å². The van der Waals surface area contributed by atoms with E-state index in [1.165, 1.54) is 11.8 Å². The van der Waals surface area contributed by atoms with Crippen molar-refractivity contribution in [3.63, 3.8) is 0 Å². The van der Waals surface area contributed by atoms with Crippen LogP contribution >= 0.6 is 23.1 Å². The molecule has 0 fully saturated rings. The van der Waals surface area contributed by atoms with Gasteiger partial charge in [-0.05, 0) is 18.4 Å². The zero-order valence-electron chi connectivity index (χ0n) is 10.00. The van der Waals surface area contributed by atoms with Crippen LogP contribution < -0.4 is 0 Å². The van der Waals surface area contributed by atoms with Crippen molar-refractivity contribution in [2.24, 2.45) is 0 Å². The van der Waals surface area contributed by atoms with Crippen molar-refractivity contribution < 1.29 is 9.84 Å². The highest BCUT2D eigenvalue weighted by Crippen LogP contribution is 2.23. The molecule has 0 amide bonds. The minimum atomic E-state index is -0.487. The number of thioether (sulfide) groups is 1. The minimum Gasteiger partial charge on any atom is -0.390 e. The standard InChI is InChI=1S/C11H15N3O2S2/c1-2-16-6-8(15)7-18-11-12-10(13-14-11)9-4-3-5-17-9/h3-5,8,15H,2,6-7H2,1H3,(H,12,13,14)/t8-/m0/s1. The summed E-state index contributed by atoms with van der Waals surface area (Å²) in [5.41, 5.74) is 0. The Bertz CT molecular complexity index is 459. The Balaban J connectivity index is 1.84. The van der Waals surface area contributed by atoms with E-state index < -0.39 is 6.10 Å². The number of rotatable bonds is 7. The van der Waals surface area contributed by atoms with Crippen LogP contribution in [-0.4, -0.2) is 45.4 Å². The van der Waals surface area contributed by atoms with Gasteiger partial charge in [0.25, 0.3) is 0 Å². The van der Waals surface area contributed by atoms with Crippen LogP contribution in [0.1, 0.15) is 6.92 Å². The summed E-state index contributed by atoms with van der Waals surface area (Å²) in [6, 6.07) is 3.96. The lowest BCUT2D eigenvalue weighted by Gasteiger charge is -2.07. The zero-order valence-corrected chi connectivity index (χ0v) is 11.6. The van der Waals surface area contributed by atoms with Crippen molar-refractivity contribution in [3.05, 3.63) is 17.5 Å². The summed E-state index contributed by atoms with van der Waals surface area (Å²) in [6.45, 7) is 2.87. The summed E-state index contributed by atoms with van der Waals surface area (Å²) < 4.78 is 5.14. The molecule has 0 unspecified atom stereocenters. The number of aromatic nitrogens is 3. The Hall–Kier alpha value is -0.890. The molecule has 0 saturated heterocycles. The van der Waals surface area contributed by atoms with Gasteiger partial charge < -0.3 is 9.84 Å². The first kappa shape index (κ1) is 13.5. The van der Waals surface area contributed by atoms with Crippen molar-refractivity contribution in [1.29, 1.82) is 0 Å². The van der Waals surface area contributed by atoms with Gasteiger partial charge in [-0.3, -0.25) is 5.10 Å². The van der Waals surface area contributed by atoms with E-state index in [2.05, 4.69) is 15.2 Å². The number of hydrogen-bond donors (Lipinski definition) is 2. The maximum atomic E-state index is 9.62. The van der Waals surface area contributed by atoms with Gasteiger partial charge in [-0.25, -0.2) is 4.98 Å². The topological polar surface area (TPSA) is 71.0 Å². The van der Waals surface area contributed by atoms with Crippen molar-refractivity contribution in [2.45, 2.75) is 18.2 Å². The molecule has 7 heteroatoms. The molecular formula is C11H15N3O2S2. The molecule has 98 valence electrons. The molecule has 0 radical (unpaired) electrons. The summed E-state index contributed by atoms with van der Waals surface area (Å²) in [6.07, 6.45) is -0.487. The smallest absolute Gasteiger partial charge is 0.208 e. The third kappa shape index (κ3) is 3.81. The molecular weight excluding hydrogens is 270 g/mol. The lowest BCUT2D eigenvalue weighted by atomic mass is 10.4. The molecule has 0 aromatic carbocycles. The van der Waals surface area contributed by atoms with E-state index in [-0.39, 0.29) is 0 Å². The predicted molar refractivity (Wildman–Crippen MR) is 72.9 cm³/mol. The van der Waals surface area contributed by atoms with Crippen LogP contribution in [0, 0.1) is 0 Å². The fourth-order valence-corrected chi connectivity index (χ4v) is 2.67. The first-order valence-electron chi connectivity index (χ1n) is 5.64. The maximum absolute atomic E-state index is 9.62. The van der Waals surface area contributed by atoms with Crippen molar-refractivity contribution in [1.82, 2.24) is 15.2 Å². The molecule has 0 aliphatic rings. The molecule has 5 nitrogen and oxygen atoms in total. The van der Waals surface area contributed by atoms with E-state index in [1.54, 1.807) is 11.3 Å². The Labute approximate surface area is 114 Å². The fourth-order valence-electron chi connectivity index (χ4n) is 1.31. The first-order valence-corrected chi connectivity index (χ1v) is 7.51. The number of aliphatic hydroxyl groups is 1. The summed E-state index contributed by atoms with van der Waals surface area (Å²) in [5.74, 6) is 1.30. The van der Waals surface area contributed by atoms with Gasteiger partial charge in [-0.2, -0.15) is 0 Å². The number of aromatic amines is 1. The number of hydrogen-bond acceptors (Lipinski definition) is 6. The van der Waals surface area contributed by atoms with Crippen LogP contribution in [0.4, 0.5) is 0 Å².